The Bertz CT molecular complexity index is 933. The fourth-order valence-corrected chi connectivity index (χ4v) is 2.41. The second kappa shape index (κ2) is 5.96. The van der Waals surface area contributed by atoms with Crippen LogP contribution >= 0.6 is 0 Å². The molecule has 0 spiro atoms. The van der Waals surface area contributed by atoms with Crippen LogP contribution in [0.1, 0.15) is 11.1 Å². The average Bonchev–Trinajstić information content (AvgIpc) is 2.54. The van der Waals surface area contributed by atoms with Crippen molar-refractivity contribution in [2.45, 2.75) is 13.1 Å². The normalized spacial score (nSPS) is 12.2. The van der Waals surface area contributed by atoms with E-state index in [-0.39, 0.29) is 5.75 Å². The lowest BCUT2D eigenvalue weighted by Gasteiger charge is -2.08. The molecule has 3 aromatic carbocycles. The van der Waals surface area contributed by atoms with Crippen molar-refractivity contribution in [1.82, 2.24) is 0 Å². The monoisotopic (exact) mass is 330 g/mol. The van der Waals surface area contributed by atoms with E-state index in [1.807, 2.05) is 6.07 Å². The molecule has 24 heavy (non-hydrogen) atoms. The average molecular weight is 330 g/mol. The van der Waals surface area contributed by atoms with Crippen LogP contribution in [0.2, 0.25) is 0 Å². The Morgan fingerprint density at radius 2 is 1.46 bits per heavy atom. The van der Waals surface area contributed by atoms with Gasteiger partial charge >= 0.3 is 6.18 Å². The molecule has 0 unspecified atom stereocenters. The van der Waals surface area contributed by atoms with Crippen LogP contribution in [0.25, 0.3) is 10.8 Å². The lowest BCUT2D eigenvalue weighted by atomic mass is 10.1. The Labute approximate surface area is 136 Å². The Balaban J connectivity index is 1.99. The molecule has 0 aliphatic carbocycles. The minimum atomic E-state index is -4.38. The number of hydrogen-bond acceptors (Lipinski definition) is 3. The van der Waals surface area contributed by atoms with Gasteiger partial charge in [0.15, 0.2) is 0 Å². The number of nitrogens with zero attached hydrogens (tertiary/aromatic N) is 2. The zero-order valence-electron chi connectivity index (χ0n) is 12.7. The number of fused-ring (bicyclic) bond motifs is 1. The van der Waals surface area contributed by atoms with Gasteiger partial charge in [-0.1, -0.05) is 24.3 Å². The van der Waals surface area contributed by atoms with Gasteiger partial charge in [-0.2, -0.15) is 18.3 Å². The number of halogens is 3. The standard InChI is InChI=1S/C18H13F3N2O/c1-11-10-12(18(19,20)21)6-7-15(11)22-23-16-8-9-17(24)14-5-3-2-4-13(14)16/h2-10,24H,1H3. The van der Waals surface area contributed by atoms with Gasteiger partial charge in [-0.15, -0.1) is 5.11 Å². The van der Waals surface area contributed by atoms with Gasteiger partial charge in [-0.25, -0.2) is 0 Å². The number of benzene rings is 3. The molecule has 0 radical (unpaired) electrons. The SMILES string of the molecule is Cc1cc(C(F)(F)F)ccc1N=Nc1ccc(O)c2ccccc12. The molecule has 3 rings (SSSR count). The second-order valence-corrected chi connectivity index (χ2v) is 5.35. The summed E-state index contributed by atoms with van der Waals surface area (Å²) in [5.74, 6) is 0.135. The minimum absolute atomic E-state index is 0.135. The van der Waals surface area contributed by atoms with Crippen molar-refractivity contribution < 1.29 is 18.3 Å². The summed E-state index contributed by atoms with van der Waals surface area (Å²) < 4.78 is 38.1. The molecule has 1 N–H and O–H groups in total. The molecule has 3 aromatic rings. The van der Waals surface area contributed by atoms with Crippen LogP contribution in [0.5, 0.6) is 5.75 Å². The number of aromatic hydroxyl groups is 1. The van der Waals surface area contributed by atoms with Crippen LogP contribution < -0.4 is 0 Å². The van der Waals surface area contributed by atoms with Crippen molar-refractivity contribution in [2.24, 2.45) is 10.2 Å². The summed E-state index contributed by atoms with van der Waals surface area (Å²) in [6, 6.07) is 13.6. The largest absolute Gasteiger partial charge is 0.507 e. The molecule has 122 valence electrons. The highest BCUT2D eigenvalue weighted by Gasteiger charge is 2.30. The van der Waals surface area contributed by atoms with Gasteiger partial charge in [0.05, 0.1) is 16.9 Å². The molecule has 0 heterocycles. The maximum atomic E-state index is 12.7. The van der Waals surface area contributed by atoms with Gasteiger partial charge < -0.3 is 5.11 Å². The van der Waals surface area contributed by atoms with E-state index in [0.29, 0.717) is 27.7 Å². The summed E-state index contributed by atoms with van der Waals surface area (Å²) in [7, 11) is 0. The van der Waals surface area contributed by atoms with Crippen molar-refractivity contribution in [3.05, 3.63) is 65.7 Å². The van der Waals surface area contributed by atoms with Gasteiger partial charge in [0.2, 0.25) is 0 Å². The third kappa shape index (κ3) is 3.08. The third-order valence-electron chi connectivity index (χ3n) is 3.67. The number of phenols is 1. The van der Waals surface area contributed by atoms with Crippen molar-refractivity contribution in [3.63, 3.8) is 0 Å². The minimum Gasteiger partial charge on any atom is -0.507 e. The number of aryl methyl sites for hydroxylation is 1. The first kappa shape index (κ1) is 16.0. The third-order valence-corrected chi connectivity index (χ3v) is 3.67. The Morgan fingerprint density at radius 3 is 2.12 bits per heavy atom. The van der Waals surface area contributed by atoms with Crippen LogP contribution in [0.4, 0.5) is 24.5 Å². The molecule has 0 bridgehead atoms. The summed E-state index contributed by atoms with van der Waals surface area (Å²) >= 11 is 0. The summed E-state index contributed by atoms with van der Waals surface area (Å²) in [6.07, 6.45) is -4.38. The smallest absolute Gasteiger partial charge is 0.416 e. The van der Waals surface area contributed by atoms with Gasteiger partial charge in [-0.05, 0) is 42.8 Å². The zero-order chi connectivity index (χ0) is 17.3. The highest BCUT2D eigenvalue weighted by atomic mass is 19.4. The van der Waals surface area contributed by atoms with Crippen molar-refractivity contribution in [3.8, 4) is 5.75 Å². The van der Waals surface area contributed by atoms with E-state index in [0.717, 1.165) is 12.1 Å². The predicted octanol–water partition coefficient (Wildman–Crippen LogP) is 6.29. The number of phenolic OH excluding ortho intramolecular Hbond substituents is 1. The van der Waals surface area contributed by atoms with Crippen molar-refractivity contribution in [1.29, 1.82) is 0 Å². The van der Waals surface area contributed by atoms with Gasteiger partial charge in [-0.3, -0.25) is 0 Å². The van der Waals surface area contributed by atoms with Crippen LogP contribution in [-0.4, -0.2) is 5.11 Å². The predicted molar refractivity (Wildman–Crippen MR) is 86.0 cm³/mol. The Hall–Kier alpha value is -2.89. The molecule has 0 amide bonds. The summed E-state index contributed by atoms with van der Waals surface area (Å²) in [5.41, 5.74) is 0.563. The fraction of sp³-hybridized carbons (Fsp3) is 0.111. The lowest BCUT2D eigenvalue weighted by molar-refractivity contribution is -0.137. The molecule has 0 aromatic heterocycles. The summed E-state index contributed by atoms with van der Waals surface area (Å²) in [6.45, 7) is 1.55. The van der Waals surface area contributed by atoms with E-state index >= 15 is 0 Å². The molecule has 0 fully saturated rings. The topological polar surface area (TPSA) is 45.0 Å². The summed E-state index contributed by atoms with van der Waals surface area (Å²) in [4.78, 5) is 0. The molecule has 3 nitrogen and oxygen atoms in total. The molecule has 0 saturated heterocycles. The van der Waals surface area contributed by atoms with Crippen LogP contribution in [-0.2, 0) is 6.18 Å². The maximum absolute atomic E-state index is 12.7. The highest BCUT2D eigenvalue weighted by Crippen LogP contribution is 2.35. The number of alkyl halides is 3. The summed E-state index contributed by atoms with van der Waals surface area (Å²) in [5, 5.41) is 19.4. The van der Waals surface area contributed by atoms with E-state index in [9.17, 15) is 18.3 Å². The first-order chi connectivity index (χ1) is 11.4. The Kier molecular flexibility index (Phi) is 3.97. The molecule has 0 aliphatic heterocycles. The molecule has 6 heteroatoms. The Morgan fingerprint density at radius 1 is 0.833 bits per heavy atom. The van der Waals surface area contributed by atoms with E-state index in [4.69, 9.17) is 0 Å². The number of hydrogen-bond donors (Lipinski definition) is 1. The van der Waals surface area contributed by atoms with Gasteiger partial charge in [0.25, 0.3) is 0 Å². The van der Waals surface area contributed by atoms with E-state index < -0.39 is 11.7 Å². The van der Waals surface area contributed by atoms with Crippen molar-refractivity contribution >= 4 is 22.1 Å². The van der Waals surface area contributed by atoms with Gasteiger partial charge in [0.1, 0.15) is 5.75 Å². The van der Waals surface area contributed by atoms with Crippen molar-refractivity contribution in [2.75, 3.05) is 0 Å². The first-order valence-corrected chi connectivity index (χ1v) is 7.16. The molecule has 0 atom stereocenters. The highest BCUT2D eigenvalue weighted by molar-refractivity contribution is 5.96. The molecular weight excluding hydrogens is 317 g/mol. The fourth-order valence-electron chi connectivity index (χ4n) is 2.41. The molecule has 0 saturated carbocycles. The van der Waals surface area contributed by atoms with E-state index in [1.54, 1.807) is 31.2 Å². The quantitative estimate of drug-likeness (QED) is 0.551. The maximum Gasteiger partial charge on any atom is 0.416 e. The van der Waals surface area contributed by atoms with Gasteiger partial charge in [0, 0.05) is 10.8 Å². The van der Waals surface area contributed by atoms with Crippen LogP contribution in [0.15, 0.2) is 64.8 Å². The lowest BCUT2D eigenvalue weighted by Crippen LogP contribution is -2.04. The number of azo groups is 1. The van der Waals surface area contributed by atoms with Crippen LogP contribution in [0, 0.1) is 6.92 Å². The zero-order valence-corrected chi connectivity index (χ0v) is 12.7. The van der Waals surface area contributed by atoms with E-state index in [1.165, 1.54) is 12.1 Å². The van der Waals surface area contributed by atoms with Crippen LogP contribution in [0.3, 0.4) is 0 Å². The molecular formula is C18H13F3N2O. The number of rotatable bonds is 2. The van der Waals surface area contributed by atoms with E-state index in [2.05, 4.69) is 10.2 Å². The first-order valence-electron chi connectivity index (χ1n) is 7.16. The second-order valence-electron chi connectivity index (χ2n) is 5.35. The molecule has 0 aliphatic rings.